The van der Waals surface area contributed by atoms with Crippen molar-refractivity contribution in [2.24, 2.45) is 5.10 Å². The Balaban J connectivity index is 1.55. The molecule has 10 heteroatoms. The van der Waals surface area contributed by atoms with Gasteiger partial charge in [-0.1, -0.05) is 0 Å². The first kappa shape index (κ1) is 17.8. The number of aromatic nitrogens is 2. The number of anilines is 1. The predicted octanol–water partition coefficient (Wildman–Crippen LogP) is 1.62. The van der Waals surface area contributed by atoms with Gasteiger partial charge in [0.25, 0.3) is 5.91 Å². The van der Waals surface area contributed by atoms with Crippen LogP contribution in [-0.4, -0.2) is 53.1 Å². The second-order valence-electron chi connectivity index (χ2n) is 6.35. The predicted molar refractivity (Wildman–Crippen MR) is 98.2 cm³/mol. The molecule has 1 aromatic carbocycles. The molecule has 2 aromatic rings. The topological polar surface area (TPSA) is 107 Å². The molecule has 0 saturated carbocycles. The van der Waals surface area contributed by atoms with E-state index >= 15 is 0 Å². The number of ether oxygens (including phenoxy) is 3. The van der Waals surface area contributed by atoms with E-state index in [1.165, 1.54) is 13.2 Å². The number of imidazole rings is 1. The number of hydrazone groups is 1. The van der Waals surface area contributed by atoms with Crippen molar-refractivity contribution in [3.63, 3.8) is 0 Å². The highest BCUT2D eigenvalue weighted by molar-refractivity contribution is 6.43. The van der Waals surface area contributed by atoms with Crippen LogP contribution in [0.15, 0.2) is 36.0 Å². The lowest BCUT2D eigenvalue weighted by Gasteiger charge is -2.31. The molecule has 1 N–H and O–H groups in total. The van der Waals surface area contributed by atoms with Gasteiger partial charge in [0.05, 0.1) is 24.7 Å². The fourth-order valence-corrected chi connectivity index (χ4v) is 3.23. The van der Waals surface area contributed by atoms with Crippen LogP contribution < -0.4 is 14.8 Å². The number of carbonyl (C=O) groups is 2. The lowest BCUT2D eigenvalue weighted by Crippen LogP contribution is -2.35. The number of nitrogens with one attached hydrogen (secondary N) is 1. The van der Waals surface area contributed by atoms with Crippen LogP contribution in [0.1, 0.15) is 29.4 Å². The lowest BCUT2D eigenvalue weighted by atomic mass is 10.1. The number of nitrogens with zero attached hydrogens (tertiary/aromatic N) is 4. The molecular formula is C18H19N5O5. The highest BCUT2D eigenvalue weighted by Gasteiger charge is 2.27. The van der Waals surface area contributed by atoms with E-state index < -0.39 is 5.97 Å². The van der Waals surface area contributed by atoms with Crippen LogP contribution >= 0.6 is 0 Å². The fraction of sp³-hybridized carbons (Fsp3) is 0.333. The number of benzene rings is 1. The summed E-state index contributed by atoms with van der Waals surface area (Å²) in [6.45, 7) is 0.0560. The molecule has 2 aliphatic rings. The number of fused-ring (bicyclic) bond motifs is 1. The third-order valence-corrected chi connectivity index (χ3v) is 4.65. The zero-order chi connectivity index (χ0) is 19.7. The molecule has 2 aliphatic heterocycles. The molecule has 4 rings (SSSR count). The quantitative estimate of drug-likeness (QED) is 0.797. The summed E-state index contributed by atoms with van der Waals surface area (Å²) in [7, 11) is 3.08. The van der Waals surface area contributed by atoms with Crippen LogP contribution in [0.2, 0.25) is 0 Å². The number of hydrogen-bond donors (Lipinski definition) is 1. The molecule has 0 bridgehead atoms. The SMILES string of the molecule is COC(=O)c1cc2c(cc1NC(=O)C1=NN(C)C(n3ccnc3)CC1)OCO2. The van der Waals surface area contributed by atoms with Gasteiger partial charge < -0.3 is 24.1 Å². The van der Waals surface area contributed by atoms with E-state index in [9.17, 15) is 9.59 Å². The summed E-state index contributed by atoms with van der Waals surface area (Å²) in [5.41, 5.74) is 0.830. The van der Waals surface area contributed by atoms with Gasteiger partial charge in [-0.15, -0.1) is 0 Å². The van der Waals surface area contributed by atoms with E-state index in [4.69, 9.17) is 14.2 Å². The Labute approximate surface area is 160 Å². The van der Waals surface area contributed by atoms with Crippen molar-refractivity contribution < 1.29 is 23.8 Å². The van der Waals surface area contributed by atoms with Crippen LogP contribution in [0.3, 0.4) is 0 Å². The minimum absolute atomic E-state index is 0.00442. The lowest BCUT2D eigenvalue weighted by molar-refractivity contribution is -0.110. The summed E-state index contributed by atoms with van der Waals surface area (Å²) in [6, 6.07) is 3.04. The average molecular weight is 385 g/mol. The molecule has 1 atom stereocenters. The maximum atomic E-state index is 12.8. The van der Waals surface area contributed by atoms with Gasteiger partial charge in [0.2, 0.25) is 6.79 Å². The van der Waals surface area contributed by atoms with E-state index in [0.717, 1.165) is 0 Å². The standard InChI is InChI=1S/C18H19N5O5/c1-22-16(23-6-5-19-9-23)4-3-12(21-22)17(24)20-13-8-15-14(27-10-28-15)7-11(13)18(25)26-2/h5-9,16H,3-4,10H2,1-2H3,(H,20,24). The van der Waals surface area contributed by atoms with Gasteiger partial charge >= 0.3 is 5.97 Å². The highest BCUT2D eigenvalue weighted by atomic mass is 16.7. The Morgan fingerprint density at radius 1 is 1.29 bits per heavy atom. The first-order valence-electron chi connectivity index (χ1n) is 8.68. The second-order valence-corrected chi connectivity index (χ2v) is 6.35. The van der Waals surface area contributed by atoms with E-state index in [1.54, 1.807) is 30.6 Å². The third kappa shape index (κ3) is 3.24. The number of hydrogen-bond acceptors (Lipinski definition) is 8. The number of amides is 1. The highest BCUT2D eigenvalue weighted by Crippen LogP contribution is 2.37. The molecule has 0 radical (unpaired) electrons. The van der Waals surface area contributed by atoms with Gasteiger partial charge in [0, 0.05) is 38.0 Å². The van der Waals surface area contributed by atoms with Crippen LogP contribution in [-0.2, 0) is 9.53 Å². The minimum Gasteiger partial charge on any atom is -0.465 e. The minimum atomic E-state index is -0.587. The van der Waals surface area contributed by atoms with Crippen molar-refractivity contribution in [2.75, 3.05) is 26.3 Å². The number of carbonyl (C=O) groups excluding carboxylic acids is 2. The number of rotatable bonds is 4. The Morgan fingerprint density at radius 2 is 2.07 bits per heavy atom. The third-order valence-electron chi connectivity index (χ3n) is 4.65. The summed E-state index contributed by atoms with van der Waals surface area (Å²) < 4.78 is 17.4. The van der Waals surface area contributed by atoms with E-state index in [-0.39, 0.29) is 30.1 Å². The molecule has 3 heterocycles. The van der Waals surface area contributed by atoms with Crippen molar-refractivity contribution in [1.29, 1.82) is 0 Å². The molecular weight excluding hydrogens is 366 g/mol. The van der Waals surface area contributed by atoms with Crippen molar-refractivity contribution in [3.05, 3.63) is 36.4 Å². The van der Waals surface area contributed by atoms with E-state index in [2.05, 4.69) is 15.4 Å². The van der Waals surface area contributed by atoms with Crippen LogP contribution in [0.4, 0.5) is 5.69 Å². The Kier molecular flexibility index (Phi) is 4.60. The van der Waals surface area contributed by atoms with Crippen LogP contribution in [0.25, 0.3) is 0 Å². The summed E-state index contributed by atoms with van der Waals surface area (Å²) in [5, 5.41) is 8.87. The van der Waals surface area contributed by atoms with E-state index in [0.29, 0.717) is 30.1 Å². The summed E-state index contributed by atoms with van der Waals surface area (Å²) in [6.07, 6.45) is 6.46. The van der Waals surface area contributed by atoms with Crippen molar-refractivity contribution in [2.45, 2.75) is 19.0 Å². The van der Waals surface area contributed by atoms with Crippen LogP contribution in [0, 0.1) is 0 Å². The maximum absolute atomic E-state index is 12.8. The normalized spacial score (nSPS) is 17.9. The van der Waals surface area contributed by atoms with E-state index in [1.807, 2.05) is 10.8 Å². The average Bonchev–Trinajstić information content (AvgIpc) is 3.38. The molecule has 1 amide bonds. The Morgan fingerprint density at radius 3 is 2.75 bits per heavy atom. The Hall–Kier alpha value is -3.56. The van der Waals surface area contributed by atoms with Crippen molar-refractivity contribution >= 4 is 23.3 Å². The van der Waals surface area contributed by atoms with Gasteiger partial charge in [-0.2, -0.15) is 5.10 Å². The second kappa shape index (κ2) is 7.22. The smallest absolute Gasteiger partial charge is 0.340 e. The Bertz CT molecular complexity index is 940. The molecule has 10 nitrogen and oxygen atoms in total. The molecule has 0 fully saturated rings. The molecule has 0 aliphatic carbocycles. The van der Waals surface area contributed by atoms with Crippen molar-refractivity contribution in [3.8, 4) is 11.5 Å². The zero-order valence-electron chi connectivity index (χ0n) is 15.4. The molecule has 1 aromatic heterocycles. The first-order valence-corrected chi connectivity index (χ1v) is 8.68. The summed E-state index contributed by atoms with van der Waals surface area (Å²) in [4.78, 5) is 28.9. The van der Waals surface area contributed by atoms with Gasteiger partial charge in [-0.25, -0.2) is 9.78 Å². The maximum Gasteiger partial charge on any atom is 0.340 e. The monoisotopic (exact) mass is 385 g/mol. The molecule has 1 unspecified atom stereocenters. The van der Waals surface area contributed by atoms with Crippen LogP contribution in [0.5, 0.6) is 11.5 Å². The first-order chi connectivity index (χ1) is 13.6. The van der Waals surface area contributed by atoms with Gasteiger partial charge in [-0.05, 0) is 6.42 Å². The fourth-order valence-electron chi connectivity index (χ4n) is 3.23. The molecule has 146 valence electrons. The molecule has 28 heavy (non-hydrogen) atoms. The molecule has 0 spiro atoms. The molecule has 0 saturated heterocycles. The van der Waals surface area contributed by atoms with Gasteiger partial charge in [0.15, 0.2) is 11.5 Å². The summed E-state index contributed by atoms with van der Waals surface area (Å²) >= 11 is 0. The number of methoxy groups -OCH3 is 1. The number of esters is 1. The zero-order valence-corrected chi connectivity index (χ0v) is 15.4. The largest absolute Gasteiger partial charge is 0.465 e. The van der Waals surface area contributed by atoms with Crippen molar-refractivity contribution in [1.82, 2.24) is 14.6 Å². The van der Waals surface area contributed by atoms with Gasteiger partial charge in [-0.3, -0.25) is 9.80 Å². The summed E-state index contributed by atoms with van der Waals surface area (Å²) in [5.74, 6) is -0.0986. The van der Waals surface area contributed by atoms with Gasteiger partial charge in [0.1, 0.15) is 11.9 Å².